The van der Waals surface area contributed by atoms with Gasteiger partial charge < -0.3 is 5.11 Å². The topological polar surface area (TPSA) is 58.4 Å². The van der Waals surface area contributed by atoms with Gasteiger partial charge >= 0.3 is 5.97 Å². The van der Waals surface area contributed by atoms with Gasteiger partial charge in [0.05, 0.1) is 12.1 Å². The fraction of sp³-hybridized carbons (Fsp3) is 0.714. The first-order chi connectivity index (χ1) is 9.10. The van der Waals surface area contributed by atoms with Crippen molar-refractivity contribution < 1.29 is 9.90 Å². The van der Waals surface area contributed by atoms with Crippen molar-refractivity contribution >= 4 is 5.97 Å². The number of carboxylic acids is 1. The number of carbonyl (C=O) groups is 1. The highest BCUT2D eigenvalue weighted by Crippen LogP contribution is 2.24. The Hall–Kier alpha value is -1.36. The monoisotopic (exact) mass is 265 g/mol. The predicted octanol–water partition coefficient (Wildman–Crippen LogP) is 1.98. The molecule has 0 aliphatic carbocycles. The Kier molecular flexibility index (Phi) is 4.58. The number of hydrogen-bond donors (Lipinski definition) is 1. The first-order valence-corrected chi connectivity index (χ1v) is 7.08. The Bertz CT molecular complexity index is 430. The minimum absolute atomic E-state index is 0.172. The number of likely N-dealkylation sites (tertiary alicyclic amines) is 1. The van der Waals surface area contributed by atoms with E-state index in [9.17, 15) is 4.79 Å². The van der Waals surface area contributed by atoms with Crippen LogP contribution in [0, 0.1) is 5.92 Å². The molecule has 1 fully saturated rings. The molecule has 2 unspecified atom stereocenters. The number of aromatic nitrogens is 2. The summed E-state index contributed by atoms with van der Waals surface area (Å²) in [6.07, 6.45) is 6.61. The largest absolute Gasteiger partial charge is 0.481 e. The Labute approximate surface area is 114 Å². The normalized spacial score (nSPS) is 24.5. The number of aliphatic carboxylic acids is 1. The van der Waals surface area contributed by atoms with Crippen molar-refractivity contribution in [3.63, 3.8) is 0 Å². The molecule has 106 valence electrons. The summed E-state index contributed by atoms with van der Waals surface area (Å²) in [7, 11) is 0. The van der Waals surface area contributed by atoms with E-state index in [0.717, 1.165) is 38.9 Å². The third kappa shape index (κ3) is 3.56. The lowest BCUT2D eigenvalue weighted by Gasteiger charge is -2.35. The van der Waals surface area contributed by atoms with Crippen LogP contribution in [0.3, 0.4) is 0 Å². The van der Waals surface area contributed by atoms with Crippen LogP contribution >= 0.6 is 0 Å². The molecule has 1 N–H and O–H groups in total. The maximum Gasteiger partial charge on any atom is 0.306 e. The molecular formula is C14H23N3O2. The Balaban J connectivity index is 1.90. The summed E-state index contributed by atoms with van der Waals surface area (Å²) >= 11 is 0. The van der Waals surface area contributed by atoms with Gasteiger partial charge in [-0.1, -0.05) is 6.92 Å². The molecule has 1 aromatic rings. The minimum Gasteiger partial charge on any atom is -0.481 e. The number of piperidine rings is 1. The van der Waals surface area contributed by atoms with Crippen molar-refractivity contribution in [2.45, 2.75) is 52.2 Å². The molecule has 5 heteroatoms. The summed E-state index contributed by atoms with van der Waals surface area (Å²) in [6, 6.07) is 0.323. The van der Waals surface area contributed by atoms with Crippen LogP contribution in [0.2, 0.25) is 0 Å². The molecule has 1 saturated heterocycles. The summed E-state index contributed by atoms with van der Waals surface area (Å²) in [4.78, 5) is 13.4. The molecule has 1 aliphatic rings. The Morgan fingerprint density at radius 2 is 2.37 bits per heavy atom. The van der Waals surface area contributed by atoms with Crippen molar-refractivity contribution in [1.82, 2.24) is 14.7 Å². The zero-order chi connectivity index (χ0) is 13.8. The lowest BCUT2D eigenvalue weighted by atomic mass is 9.91. The standard InChI is InChI=1S/C14H23N3O2/c1-3-5-17-10-12(8-15-17)9-16-6-4-13(14(18)19)7-11(16)2/h8,10-11,13H,3-7,9H2,1-2H3,(H,18,19). The molecule has 0 bridgehead atoms. The SMILES string of the molecule is CCCn1cc(CN2CCC(C(=O)O)CC2C)cn1. The molecule has 0 saturated carbocycles. The molecule has 5 nitrogen and oxygen atoms in total. The highest BCUT2D eigenvalue weighted by atomic mass is 16.4. The maximum atomic E-state index is 11.0. The highest BCUT2D eigenvalue weighted by molar-refractivity contribution is 5.70. The van der Waals surface area contributed by atoms with Gasteiger partial charge in [0.15, 0.2) is 0 Å². The van der Waals surface area contributed by atoms with E-state index in [1.165, 1.54) is 5.56 Å². The summed E-state index contributed by atoms with van der Waals surface area (Å²) < 4.78 is 1.98. The maximum absolute atomic E-state index is 11.0. The van der Waals surface area contributed by atoms with Crippen LogP contribution < -0.4 is 0 Å². The van der Waals surface area contributed by atoms with Crippen LogP contribution in [-0.2, 0) is 17.9 Å². The lowest BCUT2D eigenvalue weighted by Crippen LogP contribution is -2.42. The molecular weight excluding hydrogens is 242 g/mol. The summed E-state index contributed by atoms with van der Waals surface area (Å²) in [5.74, 6) is -0.823. The fourth-order valence-electron chi connectivity index (χ4n) is 2.75. The predicted molar refractivity (Wildman–Crippen MR) is 72.7 cm³/mol. The zero-order valence-electron chi connectivity index (χ0n) is 11.7. The van der Waals surface area contributed by atoms with Gasteiger partial charge in [-0.15, -0.1) is 0 Å². The van der Waals surface area contributed by atoms with Crippen LogP contribution in [0.1, 0.15) is 38.7 Å². The summed E-state index contributed by atoms with van der Waals surface area (Å²) in [5, 5.41) is 13.4. The summed E-state index contributed by atoms with van der Waals surface area (Å²) in [5.41, 5.74) is 1.22. The fourth-order valence-corrected chi connectivity index (χ4v) is 2.75. The van der Waals surface area contributed by atoms with Crippen molar-refractivity contribution in [3.8, 4) is 0 Å². The quantitative estimate of drug-likeness (QED) is 0.884. The number of carboxylic acid groups (broad SMARTS) is 1. The van der Waals surface area contributed by atoms with Crippen molar-refractivity contribution in [1.29, 1.82) is 0 Å². The molecule has 19 heavy (non-hydrogen) atoms. The van der Waals surface area contributed by atoms with Crippen molar-refractivity contribution in [2.24, 2.45) is 5.92 Å². The van der Waals surface area contributed by atoms with Crippen molar-refractivity contribution in [2.75, 3.05) is 6.54 Å². The number of rotatable bonds is 5. The van der Waals surface area contributed by atoms with E-state index in [1.54, 1.807) is 0 Å². The third-order valence-electron chi connectivity index (χ3n) is 3.89. The molecule has 0 aromatic carbocycles. The highest BCUT2D eigenvalue weighted by Gasteiger charge is 2.29. The van der Waals surface area contributed by atoms with Gasteiger partial charge in [-0.3, -0.25) is 14.4 Å². The molecule has 2 rings (SSSR count). The Morgan fingerprint density at radius 3 is 3.00 bits per heavy atom. The van der Waals surface area contributed by atoms with E-state index < -0.39 is 5.97 Å². The number of hydrogen-bond acceptors (Lipinski definition) is 3. The summed E-state index contributed by atoms with van der Waals surface area (Å²) in [6.45, 7) is 6.94. The van der Waals surface area contributed by atoms with Gasteiger partial charge in [0, 0.05) is 30.9 Å². The van der Waals surface area contributed by atoms with Crippen LogP contribution in [0.25, 0.3) is 0 Å². The second-order valence-corrected chi connectivity index (χ2v) is 5.49. The van der Waals surface area contributed by atoms with E-state index in [2.05, 4.69) is 30.0 Å². The van der Waals surface area contributed by atoms with Gasteiger partial charge in [-0.2, -0.15) is 5.10 Å². The van der Waals surface area contributed by atoms with Gasteiger partial charge in [0.25, 0.3) is 0 Å². The molecule has 2 atom stereocenters. The van der Waals surface area contributed by atoms with Gasteiger partial charge in [-0.25, -0.2) is 0 Å². The average molecular weight is 265 g/mol. The van der Waals surface area contributed by atoms with Crippen LogP contribution in [-0.4, -0.2) is 38.3 Å². The minimum atomic E-state index is -0.651. The van der Waals surface area contributed by atoms with E-state index in [0.29, 0.717) is 6.04 Å². The zero-order valence-corrected chi connectivity index (χ0v) is 11.7. The van der Waals surface area contributed by atoms with Gasteiger partial charge in [-0.05, 0) is 32.7 Å². The smallest absolute Gasteiger partial charge is 0.306 e. The lowest BCUT2D eigenvalue weighted by molar-refractivity contribution is -0.144. The van der Waals surface area contributed by atoms with Gasteiger partial charge in [0.1, 0.15) is 0 Å². The molecule has 0 amide bonds. The van der Waals surface area contributed by atoms with E-state index in [4.69, 9.17) is 5.11 Å². The average Bonchev–Trinajstić information content (AvgIpc) is 2.79. The third-order valence-corrected chi connectivity index (χ3v) is 3.89. The van der Waals surface area contributed by atoms with E-state index in [1.807, 2.05) is 10.9 Å². The van der Waals surface area contributed by atoms with E-state index >= 15 is 0 Å². The number of nitrogens with zero attached hydrogens (tertiary/aromatic N) is 3. The van der Waals surface area contributed by atoms with E-state index in [-0.39, 0.29) is 5.92 Å². The van der Waals surface area contributed by atoms with Crippen molar-refractivity contribution in [3.05, 3.63) is 18.0 Å². The van der Waals surface area contributed by atoms with Gasteiger partial charge in [0.2, 0.25) is 0 Å². The van der Waals surface area contributed by atoms with Crippen LogP contribution in [0.5, 0.6) is 0 Å². The molecule has 0 radical (unpaired) electrons. The molecule has 1 aromatic heterocycles. The molecule has 2 heterocycles. The molecule has 0 spiro atoms. The second-order valence-electron chi connectivity index (χ2n) is 5.49. The first-order valence-electron chi connectivity index (χ1n) is 7.08. The van der Waals surface area contributed by atoms with Crippen LogP contribution in [0.4, 0.5) is 0 Å². The molecule has 1 aliphatic heterocycles. The number of aryl methyl sites for hydroxylation is 1. The Morgan fingerprint density at radius 1 is 1.58 bits per heavy atom. The van der Waals surface area contributed by atoms with Crippen LogP contribution in [0.15, 0.2) is 12.4 Å². The second kappa shape index (κ2) is 6.19. The first kappa shape index (κ1) is 14.1.